The molecule has 5 aromatic rings. The lowest BCUT2D eigenvalue weighted by Crippen LogP contribution is -2.37. The molecule has 1 saturated carbocycles. The Morgan fingerprint density at radius 1 is 1.21 bits per heavy atom. The monoisotopic (exact) mass is 595 g/mol. The second-order valence-electron chi connectivity index (χ2n) is 11.1. The number of carbonyl (C=O) groups is 1. The van der Waals surface area contributed by atoms with Crippen LogP contribution in [0.15, 0.2) is 60.4 Å². The van der Waals surface area contributed by atoms with E-state index in [1.54, 1.807) is 59.4 Å². The molecule has 1 aliphatic carbocycles. The molecule has 10 nitrogen and oxygen atoms in total. The number of fused-ring (bicyclic) bond motifs is 2. The third-order valence-corrected chi connectivity index (χ3v) is 9.22. The Balaban J connectivity index is 1.05. The summed E-state index contributed by atoms with van der Waals surface area (Å²) in [5.41, 5.74) is 4.12. The summed E-state index contributed by atoms with van der Waals surface area (Å²) in [6.07, 6.45) is 5.40. The van der Waals surface area contributed by atoms with Crippen LogP contribution in [0.1, 0.15) is 50.9 Å². The summed E-state index contributed by atoms with van der Waals surface area (Å²) >= 11 is 1.56. The molecule has 7 rings (SSSR count). The summed E-state index contributed by atoms with van der Waals surface area (Å²) in [5, 5.41) is 18.5. The first-order chi connectivity index (χ1) is 20.9. The Labute approximate surface area is 250 Å². The number of carboxylic acids is 1. The van der Waals surface area contributed by atoms with Gasteiger partial charge in [0.15, 0.2) is 0 Å². The van der Waals surface area contributed by atoms with E-state index in [1.807, 2.05) is 12.3 Å². The van der Waals surface area contributed by atoms with Crippen LogP contribution >= 0.6 is 11.3 Å². The Morgan fingerprint density at radius 3 is 2.88 bits per heavy atom. The van der Waals surface area contributed by atoms with Crippen molar-refractivity contribution >= 4 is 28.3 Å². The molecule has 2 fully saturated rings. The van der Waals surface area contributed by atoms with Crippen molar-refractivity contribution in [3.63, 3.8) is 0 Å². The summed E-state index contributed by atoms with van der Waals surface area (Å²) in [7, 11) is 0. The van der Waals surface area contributed by atoms with Gasteiger partial charge in [0, 0.05) is 40.9 Å². The van der Waals surface area contributed by atoms with Gasteiger partial charge in [0.1, 0.15) is 24.1 Å². The number of halogens is 1. The number of ether oxygens (including phenoxy) is 1. The van der Waals surface area contributed by atoms with Crippen LogP contribution < -0.4 is 4.74 Å². The molecule has 12 heteroatoms. The maximum Gasteiger partial charge on any atom is 0.335 e. The molecule has 3 aromatic heterocycles. The van der Waals surface area contributed by atoms with E-state index in [-0.39, 0.29) is 23.1 Å². The number of aromatic nitrogens is 5. The number of hydrogen-bond acceptors (Lipinski definition) is 9. The number of carboxylic acid groups (broad SMARTS) is 1. The van der Waals surface area contributed by atoms with Crippen molar-refractivity contribution in [1.29, 1.82) is 5.26 Å². The van der Waals surface area contributed by atoms with Crippen LogP contribution in [0.4, 0.5) is 4.39 Å². The highest BCUT2D eigenvalue weighted by Crippen LogP contribution is 2.58. The van der Waals surface area contributed by atoms with Crippen molar-refractivity contribution in [3.8, 4) is 11.9 Å². The van der Waals surface area contributed by atoms with Gasteiger partial charge in [-0.15, -0.1) is 11.3 Å². The standard InChI is InChI=1S/C31H26FN7O3S/c32-24-9-19(12-33)1-2-21(24)17-42-28-5-7-35-30(37-28)31-6-8-38(14-22(31)11-31)16-27-36-25-4-3-20(29(40)41)10-26(25)39(27)15-23-13-34-18-43-23/h1-5,7,9-10,13,18,22H,6,8,11,14-17H2,(H,40,41)/t22?,31-/m1/s1. The van der Waals surface area contributed by atoms with Gasteiger partial charge < -0.3 is 14.4 Å². The first-order valence-electron chi connectivity index (χ1n) is 13.9. The third-order valence-electron chi connectivity index (χ3n) is 8.45. The minimum absolute atomic E-state index is 0.00863. The second kappa shape index (κ2) is 10.8. The fourth-order valence-electron chi connectivity index (χ4n) is 6.04. The first-order valence-corrected chi connectivity index (χ1v) is 14.8. The number of thiazole rings is 1. The highest BCUT2D eigenvalue weighted by atomic mass is 32.1. The number of imidazole rings is 1. The molecule has 0 radical (unpaired) electrons. The molecular weight excluding hydrogens is 569 g/mol. The molecule has 2 aliphatic rings. The summed E-state index contributed by atoms with van der Waals surface area (Å²) in [6, 6.07) is 13.0. The molecule has 0 spiro atoms. The van der Waals surface area contributed by atoms with Gasteiger partial charge in [-0.3, -0.25) is 9.88 Å². The lowest BCUT2D eigenvalue weighted by Gasteiger charge is -2.30. The van der Waals surface area contributed by atoms with E-state index in [0.717, 1.165) is 53.5 Å². The van der Waals surface area contributed by atoms with Crippen LogP contribution in [0, 0.1) is 23.1 Å². The average Bonchev–Trinajstić information content (AvgIpc) is 3.33. The summed E-state index contributed by atoms with van der Waals surface area (Å²) in [5.74, 6) is 0.992. The van der Waals surface area contributed by atoms with E-state index >= 15 is 0 Å². The Bertz CT molecular complexity index is 1890. The molecule has 1 unspecified atom stereocenters. The molecule has 2 aromatic carbocycles. The zero-order valence-corrected chi connectivity index (χ0v) is 23.8. The van der Waals surface area contributed by atoms with Gasteiger partial charge >= 0.3 is 5.97 Å². The van der Waals surface area contributed by atoms with E-state index in [4.69, 9.17) is 20.0 Å². The van der Waals surface area contributed by atoms with E-state index in [2.05, 4.69) is 19.4 Å². The van der Waals surface area contributed by atoms with Gasteiger partial charge in [-0.25, -0.2) is 19.2 Å². The van der Waals surface area contributed by atoms with E-state index in [1.165, 1.54) is 6.07 Å². The minimum Gasteiger partial charge on any atom is -0.478 e. The molecule has 4 heterocycles. The number of likely N-dealkylation sites (tertiary alicyclic amines) is 1. The highest BCUT2D eigenvalue weighted by molar-refractivity contribution is 7.09. The van der Waals surface area contributed by atoms with Crippen molar-refractivity contribution in [3.05, 3.63) is 99.4 Å². The van der Waals surface area contributed by atoms with Crippen LogP contribution in [0.2, 0.25) is 0 Å². The van der Waals surface area contributed by atoms with E-state index in [9.17, 15) is 14.3 Å². The van der Waals surface area contributed by atoms with E-state index < -0.39 is 11.8 Å². The first kappa shape index (κ1) is 27.1. The number of benzene rings is 2. The number of rotatable bonds is 9. The van der Waals surface area contributed by atoms with Gasteiger partial charge in [0.2, 0.25) is 5.88 Å². The Hall–Kier alpha value is -4.73. The normalized spacial score (nSPS) is 19.6. The lowest BCUT2D eigenvalue weighted by atomic mass is 9.94. The SMILES string of the molecule is N#Cc1ccc(COc2ccnc([C@@]34CCN(Cc5nc6ccc(C(=O)O)cc6n5Cc5cncs5)CC3C4)n2)c(F)c1. The fraction of sp³-hybridized carbons (Fsp3) is 0.290. The van der Waals surface area contributed by atoms with Crippen molar-refractivity contribution in [1.82, 2.24) is 29.4 Å². The van der Waals surface area contributed by atoms with Gasteiger partial charge in [0.05, 0.1) is 46.8 Å². The summed E-state index contributed by atoms with van der Waals surface area (Å²) in [6.45, 7) is 2.94. The molecule has 1 saturated heterocycles. The number of hydrogen-bond donors (Lipinski definition) is 1. The average molecular weight is 596 g/mol. The Kier molecular flexibility index (Phi) is 6.83. The lowest BCUT2D eigenvalue weighted by molar-refractivity contribution is 0.0697. The molecular formula is C31H26FN7O3S. The van der Waals surface area contributed by atoms with Crippen LogP contribution in [0.3, 0.4) is 0 Å². The zero-order chi connectivity index (χ0) is 29.6. The predicted molar refractivity (Wildman–Crippen MR) is 155 cm³/mol. The van der Waals surface area contributed by atoms with Gasteiger partial charge in [-0.1, -0.05) is 6.07 Å². The number of nitrogens with zero attached hydrogens (tertiary/aromatic N) is 7. The predicted octanol–water partition coefficient (Wildman–Crippen LogP) is 4.78. The van der Waals surface area contributed by atoms with Crippen LogP contribution in [-0.4, -0.2) is 53.6 Å². The van der Waals surface area contributed by atoms with Gasteiger partial charge in [-0.05, 0) is 55.6 Å². The molecule has 1 N–H and O–H groups in total. The fourth-order valence-corrected chi connectivity index (χ4v) is 6.63. The largest absolute Gasteiger partial charge is 0.478 e. The van der Waals surface area contributed by atoms with E-state index in [0.29, 0.717) is 30.5 Å². The smallest absolute Gasteiger partial charge is 0.335 e. The van der Waals surface area contributed by atoms with Crippen molar-refractivity contribution in [2.45, 2.75) is 38.0 Å². The molecule has 0 bridgehead atoms. The van der Waals surface area contributed by atoms with Crippen molar-refractivity contribution in [2.75, 3.05) is 13.1 Å². The maximum absolute atomic E-state index is 14.3. The summed E-state index contributed by atoms with van der Waals surface area (Å²) in [4.78, 5) is 33.5. The number of piperidine rings is 1. The minimum atomic E-state index is -0.965. The highest BCUT2D eigenvalue weighted by Gasteiger charge is 2.59. The van der Waals surface area contributed by atoms with Crippen molar-refractivity contribution < 1.29 is 19.0 Å². The maximum atomic E-state index is 14.3. The molecule has 43 heavy (non-hydrogen) atoms. The number of nitriles is 1. The third kappa shape index (κ3) is 5.22. The van der Waals surface area contributed by atoms with Crippen LogP contribution in [0.25, 0.3) is 11.0 Å². The van der Waals surface area contributed by atoms with Gasteiger partial charge in [0.25, 0.3) is 0 Å². The number of aromatic carboxylic acids is 1. The van der Waals surface area contributed by atoms with Gasteiger partial charge in [-0.2, -0.15) is 10.2 Å². The second-order valence-corrected chi connectivity index (χ2v) is 12.0. The quantitative estimate of drug-likeness (QED) is 0.256. The molecule has 0 amide bonds. The van der Waals surface area contributed by atoms with Crippen LogP contribution in [-0.2, 0) is 25.1 Å². The molecule has 2 atom stereocenters. The molecule has 216 valence electrons. The van der Waals surface area contributed by atoms with Crippen LogP contribution in [0.5, 0.6) is 5.88 Å². The summed E-state index contributed by atoms with van der Waals surface area (Å²) < 4.78 is 22.2. The topological polar surface area (TPSA) is 130 Å². The zero-order valence-electron chi connectivity index (χ0n) is 23.0. The Morgan fingerprint density at radius 2 is 2.12 bits per heavy atom. The van der Waals surface area contributed by atoms with Crippen molar-refractivity contribution in [2.24, 2.45) is 5.92 Å². The molecule has 1 aliphatic heterocycles.